The van der Waals surface area contributed by atoms with Gasteiger partial charge in [-0.3, -0.25) is 0 Å². The van der Waals surface area contributed by atoms with E-state index in [0.29, 0.717) is 6.04 Å². The SMILES string of the molecule is CCC1COCCN1c1ccc(CO)c(Br)c1. The van der Waals surface area contributed by atoms with Gasteiger partial charge in [-0.15, -0.1) is 0 Å². The maximum atomic E-state index is 9.15. The van der Waals surface area contributed by atoms with Crippen LogP contribution in [0.3, 0.4) is 0 Å². The summed E-state index contributed by atoms with van der Waals surface area (Å²) in [5, 5.41) is 9.15. The van der Waals surface area contributed by atoms with E-state index in [9.17, 15) is 0 Å². The molecule has 2 rings (SSSR count). The Kier molecular flexibility index (Phi) is 4.42. The largest absolute Gasteiger partial charge is 0.392 e. The van der Waals surface area contributed by atoms with Crippen molar-refractivity contribution in [3.63, 3.8) is 0 Å². The van der Waals surface area contributed by atoms with Crippen molar-refractivity contribution >= 4 is 21.6 Å². The number of nitrogens with zero attached hydrogens (tertiary/aromatic N) is 1. The molecule has 0 spiro atoms. The van der Waals surface area contributed by atoms with E-state index in [4.69, 9.17) is 9.84 Å². The van der Waals surface area contributed by atoms with Gasteiger partial charge < -0.3 is 14.7 Å². The van der Waals surface area contributed by atoms with Crippen LogP contribution in [0.4, 0.5) is 5.69 Å². The number of hydrogen-bond acceptors (Lipinski definition) is 3. The van der Waals surface area contributed by atoms with E-state index in [2.05, 4.69) is 39.9 Å². The fraction of sp³-hybridized carbons (Fsp3) is 0.538. The molecule has 3 nitrogen and oxygen atoms in total. The monoisotopic (exact) mass is 299 g/mol. The van der Waals surface area contributed by atoms with E-state index >= 15 is 0 Å². The Balaban J connectivity index is 2.23. The molecule has 1 unspecified atom stereocenters. The van der Waals surface area contributed by atoms with Crippen molar-refractivity contribution in [1.29, 1.82) is 0 Å². The number of hydrogen-bond donors (Lipinski definition) is 1. The number of morpholine rings is 1. The molecule has 1 saturated heterocycles. The van der Waals surface area contributed by atoms with Crippen molar-refractivity contribution in [3.05, 3.63) is 28.2 Å². The van der Waals surface area contributed by atoms with Crippen molar-refractivity contribution < 1.29 is 9.84 Å². The minimum absolute atomic E-state index is 0.0706. The third kappa shape index (κ3) is 2.81. The van der Waals surface area contributed by atoms with Crippen LogP contribution in [-0.2, 0) is 11.3 Å². The molecule has 1 aromatic rings. The molecule has 1 N–H and O–H groups in total. The summed E-state index contributed by atoms with van der Waals surface area (Å²) < 4.78 is 6.48. The molecule has 0 radical (unpaired) electrons. The Morgan fingerprint density at radius 2 is 2.35 bits per heavy atom. The van der Waals surface area contributed by atoms with Crippen LogP contribution in [0.1, 0.15) is 18.9 Å². The van der Waals surface area contributed by atoms with Crippen LogP contribution >= 0.6 is 15.9 Å². The number of ether oxygens (including phenoxy) is 1. The number of rotatable bonds is 3. The summed E-state index contributed by atoms with van der Waals surface area (Å²) >= 11 is 3.50. The molecule has 0 bridgehead atoms. The lowest BCUT2D eigenvalue weighted by Crippen LogP contribution is -2.45. The van der Waals surface area contributed by atoms with Crippen LogP contribution in [-0.4, -0.2) is 30.9 Å². The molecule has 1 aliphatic heterocycles. The first-order valence-electron chi connectivity index (χ1n) is 6.00. The van der Waals surface area contributed by atoms with Gasteiger partial charge in [0.05, 0.1) is 25.9 Å². The van der Waals surface area contributed by atoms with E-state index in [1.54, 1.807) is 0 Å². The van der Waals surface area contributed by atoms with Crippen LogP contribution in [0.15, 0.2) is 22.7 Å². The van der Waals surface area contributed by atoms with Gasteiger partial charge >= 0.3 is 0 Å². The molecule has 1 aromatic carbocycles. The number of halogens is 1. The summed E-state index contributed by atoms with van der Waals surface area (Å²) in [5.74, 6) is 0. The van der Waals surface area contributed by atoms with Crippen LogP contribution in [0.5, 0.6) is 0 Å². The molecule has 0 aliphatic carbocycles. The minimum Gasteiger partial charge on any atom is -0.392 e. The van der Waals surface area contributed by atoms with Gasteiger partial charge in [-0.1, -0.05) is 28.9 Å². The maximum Gasteiger partial charge on any atom is 0.0692 e. The second kappa shape index (κ2) is 5.85. The van der Waals surface area contributed by atoms with Crippen molar-refractivity contribution in [2.45, 2.75) is 26.0 Å². The average molecular weight is 300 g/mol. The van der Waals surface area contributed by atoms with E-state index in [1.807, 2.05) is 6.07 Å². The second-order valence-electron chi connectivity index (χ2n) is 4.26. The van der Waals surface area contributed by atoms with Crippen LogP contribution < -0.4 is 4.90 Å². The molecule has 4 heteroatoms. The highest BCUT2D eigenvalue weighted by atomic mass is 79.9. The zero-order valence-electron chi connectivity index (χ0n) is 10.0. The molecule has 94 valence electrons. The molecule has 1 aliphatic rings. The zero-order chi connectivity index (χ0) is 12.3. The Morgan fingerprint density at radius 3 is 3.00 bits per heavy atom. The lowest BCUT2D eigenvalue weighted by molar-refractivity contribution is 0.0930. The summed E-state index contributed by atoms with van der Waals surface area (Å²) in [6.07, 6.45) is 1.08. The predicted molar refractivity (Wildman–Crippen MR) is 72.3 cm³/mol. The zero-order valence-corrected chi connectivity index (χ0v) is 11.6. The highest BCUT2D eigenvalue weighted by Gasteiger charge is 2.21. The van der Waals surface area contributed by atoms with Crippen LogP contribution in [0.2, 0.25) is 0 Å². The molecule has 0 saturated carbocycles. The van der Waals surface area contributed by atoms with Crippen molar-refractivity contribution in [2.75, 3.05) is 24.7 Å². The normalized spacial score (nSPS) is 20.6. The summed E-state index contributed by atoms with van der Waals surface area (Å²) in [6, 6.07) is 6.58. The van der Waals surface area contributed by atoms with Crippen molar-refractivity contribution in [1.82, 2.24) is 0 Å². The van der Waals surface area contributed by atoms with Crippen LogP contribution in [0.25, 0.3) is 0 Å². The fourth-order valence-electron chi connectivity index (χ4n) is 2.18. The van der Waals surface area contributed by atoms with Gasteiger partial charge in [-0.25, -0.2) is 0 Å². The Labute approximate surface area is 111 Å². The van der Waals surface area contributed by atoms with E-state index in [-0.39, 0.29) is 6.61 Å². The van der Waals surface area contributed by atoms with Gasteiger partial charge in [0.25, 0.3) is 0 Å². The summed E-state index contributed by atoms with van der Waals surface area (Å²) in [4.78, 5) is 2.38. The van der Waals surface area contributed by atoms with Gasteiger partial charge in [0.15, 0.2) is 0 Å². The number of aliphatic hydroxyl groups is 1. The standard InChI is InChI=1S/C13H18BrNO2/c1-2-11-9-17-6-5-15(11)12-4-3-10(8-16)13(14)7-12/h3-4,7,11,16H,2,5-6,8-9H2,1H3. The van der Waals surface area contributed by atoms with Gasteiger partial charge in [0.1, 0.15) is 0 Å². The van der Waals surface area contributed by atoms with Crippen LogP contribution in [0, 0.1) is 0 Å². The van der Waals surface area contributed by atoms with Crippen molar-refractivity contribution in [3.8, 4) is 0 Å². The molecule has 0 amide bonds. The highest BCUT2D eigenvalue weighted by molar-refractivity contribution is 9.10. The smallest absolute Gasteiger partial charge is 0.0692 e. The quantitative estimate of drug-likeness (QED) is 0.931. The molecule has 17 heavy (non-hydrogen) atoms. The number of anilines is 1. The lowest BCUT2D eigenvalue weighted by Gasteiger charge is -2.37. The summed E-state index contributed by atoms with van der Waals surface area (Å²) in [6.45, 7) is 4.78. The van der Waals surface area contributed by atoms with E-state index in [0.717, 1.165) is 36.2 Å². The molecule has 1 heterocycles. The molecular formula is C13H18BrNO2. The first kappa shape index (κ1) is 12.9. The minimum atomic E-state index is 0.0706. The van der Waals surface area contributed by atoms with Crippen molar-refractivity contribution in [2.24, 2.45) is 0 Å². The lowest BCUT2D eigenvalue weighted by atomic mass is 10.1. The van der Waals surface area contributed by atoms with Gasteiger partial charge in [0, 0.05) is 16.7 Å². The van der Waals surface area contributed by atoms with E-state index < -0.39 is 0 Å². The predicted octanol–water partition coefficient (Wildman–Crippen LogP) is 2.56. The summed E-state index contributed by atoms with van der Waals surface area (Å²) in [5.41, 5.74) is 2.12. The average Bonchev–Trinajstić information content (AvgIpc) is 2.38. The molecule has 1 fully saturated rings. The maximum absolute atomic E-state index is 9.15. The topological polar surface area (TPSA) is 32.7 Å². The summed E-state index contributed by atoms with van der Waals surface area (Å²) in [7, 11) is 0. The third-order valence-corrected chi connectivity index (χ3v) is 3.98. The van der Waals surface area contributed by atoms with Gasteiger partial charge in [-0.2, -0.15) is 0 Å². The Bertz CT molecular complexity index is 384. The third-order valence-electron chi connectivity index (χ3n) is 3.24. The first-order valence-corrected chi connectivity index (χ1v) is 6.79. The molecular weight excluding hydrogens is 282 g/mol. The van der Waals surface area contributed by atoms with Gasteiger partial charge in [-0.05, 0) is 24.1 Å². The number of benzene rings is 1. The molecule has 0 aromatic heterocycles. The first-order chi connectivity index (χ1) is 8.26. The highest BCUT2D eigenvalue weighted by Crippen LogP contribution is 2.27. The Hall–Kier alpha value is -0.580. The Morgan fingerprint density at radius 1 is 1.53 bits per heavy atom. The molecule has 1 atom stereocenters. The second-order valence-corrected chi connectivity index (χ2v) is 5.12. The van der Waals surface area contributed by atoms with Gasteiger partial charge in [0.2, 0.25) is 0 Å². The van der Waals surface area contributed by atoms with E-state index in [1.165, 1.54) is 5.69 Å². The fourth-order valence-corrected chi connectivity index (χ4v) is 2.67. The number of aliphatic hydroxyl groups excluding tert-OH is 1.